The largest absolute Gasteiger partial charge is 0.355 e. The summed E-state index contributed by atoms with van der Waals surface area (Å²) in [6, 6.07) is 19.7. The second-order valence-corrected chi connectivity index (χ2v) is 8.61. The Labute approximate surface area is 201 Å². The van der Waals surface area contributed by atoms with Gasteiger partial charge in [-0.1, -0.05) is 60.7 Å². The Morgan fingerprint density at radius 3 is 2.41 bits per heavy atom. The van der Waals surface area contributed by atoms with E-state index in [0.29, 0.717) is 32.4 Å². The molecule has 3 atom stereocenters. The zero-order valence-corrected chi connectivity index (χ0v) is 19.5. The molecule has 0 spiro atoms. The van der Waals surface area contributed by atoms with Crippen LogP contribution in [0.5, 0.6) is 0 Å². The highest BCUT2D eigenvalue weighted by atomic mass is 16.2. The van der Waals surface area contributed by atoms with Crippen molar-refractivity contribution in [1.82, 2.24) is 21.3 Å². The zero-order chi connectivity index (χ0) is 24.2. The van der Waals surface area contributed by atoms with Gasteiger partial charge in [0.05, 0.1) is 18.6 Å². The number of benzene rings is 2. The van der Waals surface area contributed by atoms with Crippen LogP contribution >= 0.6 is 0 Å². The number of nitrogens with one attached hydrogen (secondary N) is 4. The predicted octanol–water partition coefficient (Wildman–Crippen LogP) is 1.18. The van der Waals surface area contributed by atoms with Crippen LogP contribution < -0.4 is 27.0 Å². The lowest BCUT2D eigenvalue weighted by molar-refractivity contribution is -0.124. The van der Waals surface area contributed by atoms with Crippen LogP contribution in [0.25, 0.3) is 0 Å². The minimum absolute atomic E-state index is 0.0280. The number of nitrogens with two attached hydrogens (primary N) is 1. The SMILES string of the molecule is NCC(=O)N[C@@H]1CN[C@@H](C(=O)NCCCC(=O)N[C@H](CCc2ccccc2)c2ccccc2)C1. The van der Waals surface area contributed by atoms with Crippen LogP contribution in [-0.4, -0.2) is 49.4 Å². The van der Waals surface area contributed by atoms with Gasteiger partial charge in [-0.25, -0.2) is 0 Å². The maximum Gasteiger partial charge on any atom is 0.237 e. The third-order valence-corrected chi connectivity index (χ3v) is 5.98. The third kappa shape index (κ3) is 8.28. The lowest BCUT2D eigenvalue weighted by atomic mass is 9.98. The summed E-state index contributed by atoms with van der Waals surface area (Å²) in [5, 5.41) is 11.9. The first kappa shape index (κ1) is 25.4. The van der Waals surface area contributed by atoms with E-state index in [0.717, 1.165) is 18.4 Å². The van der Waals surface area contributed by atoms with Gasteiger partial charge in [-0.05, 0) is 36.8 Å². The number of carbonyl (C=O) groups is 3. The zero-order valence-electron chi connectivity index (χ0n) is 19.5. The highest BCUT2D eigenvalue weighted by molar-refractivity contribution is 5.83. The molecule has 0 bridgehead atoms. The molecule has 2 aromatic rings. The van der Waals surface area contributed by atoms with Crippen molar-refractivity contribution < 1.29 is 14.4 Å². The van der Waals surface area contributed by atoms with Crippen molar-refractivity contribution in [2.45, 2.75) is 50.2 Å². The molecule has 2 aromatic carbocycles. The summed E-state index contributed by atoms with van der Waals surface area (Å²) in [6.45, 7) is 0.896. The van der Waals surface area contributed by atoms with E-state index in [2.05, 4.69) is 33.4 Å². The average Bonchev–Trinajstić information content (AvgIpc) is 3.34. The topological polar surface area (TPSA) is 125 Å². The van der Waals surface area contributed by atoms with Crippen LogP contribution in [0.3, 0.4) is 0 Å². The van der Waals surface area contributed by atoms with Crippen molar-refractivity contribution in [3.63, 3.8) is 0 Å². The molecule has 182 valence electrons. The van der Waals surface area contributed by atoms with Crippen molar-refractivity contribution in [3.8, 4) is 0 Å². The molecule has 8 heteroatoms. The molecule has 34 heavy (non-hydrogen) atoms. The van der Waals surface area contributed by atoms with Crippen molar-refractivity contribution in [1.29, 1.82) is 0 Å². The van der Waals surface area contributed by atoms with E-state index in [-0.39, 0.29) is 42.4 Å². The van der Waals surface area contributed by atoms with Gasteiger partial charge in [-0.3, -0.25) is 14.4 Å². The molecular weight excluding hydrogens is 430 g/mol. The molecule has 3 amide bonds. The van der Waals surface area contributed by atoms with Crippen molar-refractivity contribution in [2.24, 2.45) is 5.73 Å². The summed E-state index contributed by atoms with van der Waals surface area (Å²) in [5.74, 6) is -0.369. The molecule has 6 N–H and O–H groups in total. The first-order valence-corrected chi connectivity index (χ1v) is 11.9. The Hall–Kier alpha value is -3.23. The standard InChI is InChI=1S/C26H35N5O3/c27-17-25(33)30-21-16-23(29-18-21)26(34)28-15-7-12-24(32)31-22(20-10-5-2-6-11-20)14-13-19-8-3-1-4-9-19/h1-6,8-11,21-23,29H,7,12-18,27H2,(H,28,34)(H,30,33)(H,31,32)/t21-,22+,23+/m0/s1. The number of rotatable bonds is 12. The summed E-state index contributed by atoms with van der Waals surface area (Å²) in [6.07, 6.45) is 3.10. The van der Waals surface area contributed by atoms with Crippen molar-refractivity contribution in [2.75, 3.05) is 19.6 Å². The first-order chi connectivity index (χ1) is 16.5. The molecule has 1 fully saturated rings. The molecular formula is C26H35N5O3. The number of hydrogen-bond donors (Lipinski definition) is 5. The first-order valence-electron chi connectivity index (χ1n) is 11.9. The van der Waals surface area contributed by atoms with Crippen LogP contribution in [0.4, 0.5) is 0 Å². The fourth-order valence-corrected chi connectivity index (χ4v) is 4.15. The smallest absolute Gasteiger partial charge is 0.237 e. The fraction of sp³-hybridized carbons (Fsp3) is 0.423. The summed E-state index contributed by atoms with van der Waals surface area (Å²) in [4.78, 5) is 36.4. The second kappa shape index (κ2) is 13.5. The van der Waals surface area contributed by atoms with E-state index in [9.17, 15) is 14.4 Å². The lowest BCUT2D eigenvalue weighted by Crippen LogP contribution is -2.41. The highest BCUT2D eigenvalue weighted by Gasteiger charge is 2.29. The summed E-state index contributed by atoms with van der Waals surface area (Å²) in [5.41, 5.74) is 7.64. The van der Waals surface area contributed by atoms with Gasteiger partial charge >= 0.3 is 0 Å². The normalized spacial score (nSPS) is 18.1. The number of hydrogen-bond acceptors (Lipinski definition) is 5. The molecule has 1 aliphatic heterocycles. The van der Waals surface area contributed by atoms with Crippen molar-refractivity contribution in [3.05, 3.63) is 71.8 Å². The van der Waals surface area contributed by atoms with Crippen LogP contribution in [0.2, 0.25) is 0 Å². The molecule has 0 saturated carbocycles. The molecule has 1 heterocycles. The van der Waals surface area contributed by atoms with E-state index in [1.54, 1.807) is 0 Å². The van der Waals surface area contributed by atoms with Gasteiger partial charge in [0, 0.05) is 25.6 Å². The maximum absolute atomic E-state index is 12.6. The van der Waals surface area contributed by atoms with Gasteiger partial charge in [-0.15, -0.1) is 0 Å². The fourth-order valence-electron chi connectivity index (χ4n) is 4.15. The Bertz CT molecular complexity index is 923. The Kier molecular flexibility index (Phi) is 10.1. The van der Waals surface area contributed by atoms with Crippen molar-refractivity contribution >= 4 is 17.7 Å². The minimum atomic E-state index is -0.350. The van der Waals surface area contributed by atoms with E-state index < -0.39 is 0 Å². The Morgan fingerprint density at radius 1 is 1.00 bits per heavy atom. The quantitative estimate of drug-likeness (QED) is 0.301. The molecule has 0 unspecified atom stereocenters. The van der Waals surface area contributed by atoms with E-state index >= 15 is 0 Å². The average molecular weight is 466 g/mol. The van der Waals surface area contributed by atoms with E-state index in [4.69, 9.17) is 5.73 Å². The van der Waals surface area contributed by atoms with Gasteiger partial charge in [0.25, 0.3) is 0 Å². The molecule has 0 aliphatic carbocycles. The number of amides is 3. The van der Waals surface area contributed by atoms with Gasteiger partial charge in [0.2, 0.25) is 17.7 Å². The highest BCUT2D eigenvalue weighted by Crippen LogP contribution is 2.19. The lowest BCUT2D eigenvalue weighted by Gasteiger charge is -2.20. The Balaban J connectivity index is 1.39. The Morgan fingerprint density at radius 2 is 1.71 bits per heavy atom. The van der Waals surface area contributed by atoms with Gasteiger partial charge in [-0.2, -0.15) is 0 Å². The van der Waals surface area contributed by atoms with E-state index in [1.165, 1.54) is 5.56 Å². The summed E-state index contributed by atoms with van der Waals surface area (Å²) >= 11 is 0. The van der Waals surface area contributed by atoms with Crippen LogP contribution in [0.15, 0.2) is 60.7 Å². The van der Waals surface area contributed by atoms with Crippen LogP contribution in [0, 0.1) is 0 Å². The number of aryl methyl sites for hydroxylation is 1. The molecule has 1 aliphatic rings. The summed E-state index contributed by atoms with van der Waals surface area (Å²) in [7, 11) is 0. The molecule has 1 saturated heterocycles. The predicted molar refractivity (Wildman–Crippen MR) is 132 cm³/mol. The van der Waals surface area contributed by atoms with E-state index in [1.807, 2.05) is 48.5 Å². The maximum atomic E-state index is 12.6. The molecule has 3 rings (SSSR count). The molecule has 8 nitrogen and oxygen atoms in total. The van der Waals surface area contributed by atoms with Gasteiger partial charge < -0.3 is 27.0 Å². The monoisotopic (exact) mass is 465 g/mol. The third-order valence-electron chi connectivity index (χ3n) is 5.98. The minimum Gasteiger partial charge on any atom is -0.355 e. The molecule has 0 radical (unpaired) electrons. The molecule has 0 aromatic heterocycles. The second-order valence-electron chi connectivity index (χ2n) is 8.61. The van der Waals surface area contributed by atoms with Crippen LogP contribution in [0.1, 0.15) is 42.9 Å². The van der Waals surface area contributed by atoms with Gasteiger partial charge in [0.15, 0.2) is 0 Å². The van der Waals surface area contributed by atoms with Gasteiger partial charge in [0.1, 0.15) is 0 Å². The van der Waals surface area contributed by atoms with Crippen LogP contribution in [-0.2, 0) is 20.8 Å². The summed E-state index contributed by atoms with van der Waals surface area (Å²) < 4.78 is 0. The number of carbonyl (C=O) groups excluding carboxylic acids is 3.